The van der Waals surface area contributed by atoms with Crippen molar-refractivity contribution in [3.05, 3.63) is 0 Å². The van der Waals surface area contributed by atoms with Crippen molar-refractivity contribution >= 4 is 21.4 Å². The van der Waals surface area contributed by atoms with E-state index < -0.39 is 21.4 Å². The third-order valence-corrected chi connectivity index (χ3v) is 0. The molecule has 58 valence electrons. The zero-order valence-electron chi connectivity index (χ0n) is 3.83. The maximum atomic E-state index is 8.74. The summed E-state index contributed by atoms with van der Waals surface area (Å²) in [4.78, 5) is 0. The van der Waals surface area contributed by atoms with Crippen molar-refractivity contribution in [2.24, 2.45) is 0 Å². The van der Waals surface area contributed by atoms with Gasteiger partial charge in [0.15, 0.2) is 0 Å². The highest BCUT2D eigenvalue weighted by Crippen LogP contribution is 1.59. The molecule has 0 aliphatic heterocycles. The van der Waals surface area contributed by atoms with Crippen LogP contribution in [0.1, 0.15) is 0 Å². The van der Waals surface area contributed by atoms with E-state index in [9.17, 15) is 0 Å². The van der Waals surface area contributed by atoms with Gasteiger partial charge in [-0.2, -0.15) is 8.42 Å². The normalized spacial score (nSPS) is 10.2. The van der Waals surface area contributed by atoms with E-state index in [0.717, 1.165) is 0 Å². The van der Waals surface area contributed by atoms with E-state index in [1.165, 1.54) is 0 Å². The van der Waals surface area contributed by atoms with Gasteiger partial charge in [-0.1, -0.05) is 0 Å². The zero-order valence-corrected chi connectivity index (χ0v) is 5.54. The molecule has 7 nitrogen and oxygen atoms in total. The number of hydrogen-bond acceptors (Lipinski definition) is 4. The highest BCUT2D eigenvalue weighted by molar-refractivity contribution is 7.79. The predicted molar refractivity (Wildman–Crippen MR) is 27.1 cm³/mol. The Morgan fingerprint density at radius 1 is 1.11 bits per heavy atom. The summed E-state index contributed by atoms with van der Waals surface area (Å²) >= 11 is 0. The minimum atomic E-state index is -4.67. The molecule has 3 N–H and O–H groups in total. The summed E-state index contributed by atoms with van der Waals surface area (Å²) in [6.45, 7) is 0. The van der Waals surface area contributed by atoms with Gasteiger partial charge in [-0.25, -0.2) is 8.42 Å². The van der Waals surface area contributed by atoms with Gasteiger partial charge in [0.25, 0.3) is 11.0 Å². The molecule has 9 heavy (non-hydrogen) atoms. The molecule has 0 fully saturated rings. The highest BCUT2D eigenvalue weighted by atomic mass is 32.3. The molecule has 0 saturated carbocycles. The second-order valence-corrected chi connectivity index (χ2v) is 2.06. The van der Waals surface area contributed by atoms with Gasteiger partial charge >= 0.3 is 10.4 Å². The minimum absolute atomic E-state index is 3.12. The largest absolute Gasteiger partial charge is 0.394 e. The highest BCUT2D eigenvalue weighted by Gasteiger charge is 1.84. The van der Waals surface area contributed by atoms with Gasteiger partial charge in [-0.15, -0.1) is 0 Å². The first kappa shape index (κ1) is 11.6. The van der Waals surface area contributed by atoms with Crippen molar-refractivity contribution in [3.8, 4) is 0 Å². The van der Waals surface area contributed by atoms with Crippen LogP contribution in [-0.4, -0.2) is 30.5 Å². The summed E-state index contributed by atoms with van der Waals surface area (Å²) in [5.41, 5.74) is 0. The molecule has 0 rings (SSSR count). The summed E-state index contributed by atoms with van der Waals surface area (Å²) in [7, 11) is -7.79. The van der Waals surface area contributed by atoms with Crippen LogP contribution in [0, 0.1) is 0 Å². The van der Waals surface area contributed by atoms with Crippen molar-refractivity contribution in [2.75, 3.05) is 0 Å². The van der Waals surface area contributed by atoms with Crippen LogP contribution >= 0.6 is 0 Å². The van der Waals surface area contributed by atoms with Crippen LogP contribution in [-0.2, 0) is 21.4 Å². The Morgan fingerprint density at radius 3 is 1.11 bits per heavy atom. The molecular weight excluding hydrogens is 176 g/mol. The topological polar surface area (TPSA) is 129 Å². The maximum absolute atomic E-state index is 8.74. The van der Waals surface area contributed by atoms with Gasteiger partial charge in [-0.3, -0.25) is 13.7 Å². The van der Waals surface area contributed by atoms with E-state index in [0.29, 0.717) is 0 Å². The van der Waals surface area contributed by atoms with Gasteiger partial charge in [0, 0.05) is 0 Å². The van der Waals surface area contributed by atoms with Crippen molar-refractivity contribution in [1.29, 1.82) is 0 Å². The van der Waals surface area contributed by atoms with Crippen molar-refractivity contribution in [1.82, 2.24) is 0 Å². The molecule has 0 unspecified atom stereocenters. The third kappa shape index (κ3) is 5370. The van der Waals surface area contributed by atoms with E-state index in [2.05, 4.69) is 0 Å². The summed E-state index contributed by atoms with van der Waals surface area (Å²) < 4.78 is 55.8. The first-order chi connectivity index (χ1) is 3.73. The Bertz CT molecular complexity index is 187. The van der Waals surface area contributed by atoms with E-state index in [1.807, 2.05) is 0 Å². The standard InChI is InChI=1S/H2O4S.H2O3S/c1-5(2,3)4;1-4(2)3/h(H2,1,2,3,4);4H,(H,1,2,3). The van der Waals surface area contributed by atoms with E-state index in [1.54, 1.807) is 0 Å². The van der Waals surface area contributed by atoms with Crippen LogP contribution in [0.15, 0.2) is 0 Å². The van der Waals surface area contributed by atoms with Crippen LogP contribution < -0.4 is 0 Å². The summed E-state index contributed by atoms with van der Waals surface area (Å²) in [5, 5.41) is 0. The smallest absolute Gasteiger partial charge is 0.288 e. The fourth-order valence-electron chi connectivity index (χ4n) is 0. The van der Waals surface area contributed by atoms with Crippen molar-refractivity contribution in [3.63, 3.8) is 0 Å². The lowest BCUT2D eigenvalue weighted by atomic mass is 15.8. The lowest BCUT2D eigenvalue weighted by molar-refractivity contribution is 0.381. The van der Waals surface area contributed by atoms with Crippen LogP contribution in [0.5, 0.6) is 0 Å². The van der Waals surface area contributed by atoms with Crippen LogP contribution in [0.25, 0.3) is 0 Å². The fourth-order valence-corrected chi connectivity index (χ4v) is 0. The third-order valence-electron chi connectivity index (χ3n) is 0. The molecule has 0 radical (unpaired) electrons. The van der Waals surface area contributed by atoms with Gasteiger partial charge in [0.2, 0.25) is 0 Å². The molecule has 0 bridgehead atoms. The van der Waals surface area contributed by atoms with Gasteiger partial charge in [-0.05, 0) is 0 Å². The Hall–Kier alpha value is -0.220. The molecule has 0 aliphatic rings. The molecule has 0 amide bonds. The second-order valence-electron chi connectivity index (χ2n) is 0.686. The maximum Gasteiger partial charge on any atom is 0.394 e. The van der Waals surface area contributed by atoms with Crippen LogP contribution in [0.4, 0.5) is 0 Å². The van der Waals surface area contributed by atoms with Crippen LogP contribution in [0.2, 0.25) is 0 Å². The molecule has 0 aliphatic carbocycles. The fraction of sp³-hybridized carbons (Fsp3) is 0. The number of rotatable bonds is 0. The molecular formula is H4O7S2. The lowest BCUT2D eigenvalue weighted by Gasteiger charge is -1.68. The Labute approximate surface area is 52.7 Å². The number of thiol groups is 1. The first-order valence-electron chi connectivity index (χ1n) is 1.26. The van der Waals surface area contributed by atoms with Crippen molar-refractivity contribution in [2.45, 2.75) is 0 Å². The van der Waals surface area contributed by atoms with Crippen molar-refractivity contribution < 1.29 is 30.5 Å². The van der Waals surface area contributed by atoms with Gasteiger partial charge in [0.05, 0.1) is 0 Å². The Balaban J connectivity index is 0. The lowest BCUT2D eigenvalue weighted by Crippen LogP contribution is -1.89. The zero-order chi connectivity index (χ0) is 8.08. The molecule has 0 saturated heterocycles. The van der Waals surface area contributed by atoms with E-state index >= 15 is 0 Å². The van der Waals surface area contributed by atoms with E-state index in [-0.39, 0.29) is 0 Å². The van der Waals surface area contributed by atoms with Gasteiger partial charge in [0.1, 0.15) is 0 Å². The summed E-state index contributed by atoms with van der Waals surface area (Å²) in [6, 6.07) is 0. The molecule has 0 atom stereocenters. The Kier molecular flexibility index (Phi) is 5.96. The SMILES string of the molecule is O=S(=O)(O)O.O=[SH](=O)O. The molecule has 0 aromatic carbocycles. The second kappa shape index (κ2) is 4.64. The van der Waals surface area contributed by atoms with Gasteiger partial charge < -0.3 is 0 Å². The van der Waals surface area contributed by atoms with E-state index in [4.69, 9.17) is 30.5 Å². The summed E-state index contributed by atoms with van der Waals surface area (Å²) in [5.74, 6) is 0. The predicted octanol–water partition coefficient (Wildman–Crippen LogP) is -1.58. The molecule has 9 heteroatoms. The molecule has 0 spiro atoms. The summed E-state index contributed by atoms with van der Waals surface area (Å²) in [6.07, 6.45) is 0. The van der Waals surface area contributed by atoms with Crippen LogP contribution in [0.3, 0.4) is 0 Å². The quantitative estimate of drug-likeness (QED) is 0.261. The molecule has 0 aromatic heterocycles. The average Bonchev–Trinajstić information content (AvgIpc) is 1.19. The Morgan fingerprint density at radius 2 is 1.11 bits per heavy atom. The molecule has 0 aromatic rings. The average molecular weight is 180 g/mol. The number of hydrogen-bond donors (Lipinski definition) is 4. The minimum Gasteiger partial charge on any atom is -0.288 e. The monoisotopic (exact) mass is 180 g/mol. The molecule has 0 heterocycles. The first-order valence-corrected chi connectivity index (χ1v) is 3.79.